The molecule has 0 radical (unpaired) electrons. The number of carbonyl (C=O) groups is 1. The van der Waals surface area contributed by atoms with Crippen LogP contribution in [0.5, 0.6) is 5.75 Å². The van der Waals surface area contributed by atoms with E-state index in [-0.39, 0.29) is 12.0 Å². The van der Waals surface area contributed by atoms with Gasteiger partial charge in [-0.3, -0.25) is 0 Å². The summed E-state index contributed by atoms with van der Waals surface area (Å²) in [7, 11) is 0. The largest absolute Gasteiger partial charge is 0.489 e. The first-order valence-electron chi connectivity index (χ1n) is 8.89. The highest BCUT2D eigenvalue weighted by Crippen LogP contribution is 2.44. The molecule has 0 saturated carbocycles. The third-order valence-corrected chi connectivity index (χ3v) is 4.68. The van der Waals surface area contributed by atoms with E-state index in [2.05, 4.69) is 29.6 Å². The topological polar surface area (TPSA) is 47.6 Å². The molecule has 0 saturated heterocycles. The molecule has 4 rings (SSSR count). The summed E-state index contributed by atoms with van der Waals surface area (Å²) in [6.07, 6.45) is 4.55. The number of benzene rings is 2. The summed E-state index contributed by atoms with van der Waals surface area (Å²) >= 11 is 0. The van der Waals surface area contributed by atoms with Gasteiger partial charge in [0.1, 0.15) is 12.4 Å². The molecular weight excluding hydrogens is 326 g/mol. The number of anilines is 1. The first kappa shape index (κ1) is 16.5. The van der Waals surface area contributed by atoms with Crippen molar-refractivity contribution in [1.29, 1.82) is 0 Å². The first-order valence-corrected chi connectivity index (χ1v) is 8.89. The van der Waals surface area contributed by atoms with Gasteiger partial charge in [0.25, 0.3) is 0 Å². The highest BCUT2D eigenvalue weighted by Gasteiger charge is 2.33. The molecule has 1 aliphatic carbocycles. The fourth-order valence-corrected chi connectivity index (χ4v) is 3.45. The van der Waals surface area contributed by atoms with Gasteiger partial charge in [-0.05, 0) is 48.3 Å². The number of nitrogens with one attached hydrogen (secondary N) is 1. The van der Waals surface area contributed by atoms with Crippen LogP contribution in [-0.2, 0) is 16.1 Å². The van der Waals surface area contributed by atoms with E-state index in [0.717, 1.165) is 34.6 Å². The molecule has 1 N–H and O–H groups in total. The molecule has 1 atom stereocenters. The fraction of sp³-hybridized carbons (Fsp3) is 0.227. The summed E-state index contributed by atoms with van der Waals surface area (Å²) in [6, 6.07) is 16.3. The zero-order valence-electron chi connectivity index (χ0n) is 14.7. The molecule has 2 aromatic carbocycles. The second kappa shape index (κ2) is 7.08. The minimum Gasteiger partial charge on any atom is -0.489 e. The molecule has 0 bridgehead atoms. The predicted octanol–water partition coefficient (Wildman–Crippen LogP) is 4.34. The first-order chi connectivity index (χ1) is 12.7. The van der Waals surface area contributed by atoms with Crippen LogP contribution in [0.15, 0.2) is 66.3 Å². The van der Waals surface area contributed by atoms with Crippen LogP contribution in [0.1, 0.15) is 24.5 Å². The lowest BCUT2D eigenvalue weighted by Crippen LogP contribution is -2.15. The van der Waals surface area contributed by atoms with Gasteiger partial charge in [0.2, 0.25) is 0 Å². The van der Waals surface area contributed by atoms with Crippen LogP contribution in [-0.4, -0.2) is 18.6 Å². The van der Waals surface area contributed by atoms with Crippen LogP contribution in [0.25, 0.3) is 5.57 Å². The molecule has 1 unspecified atom stereocenters. The van der Waals surface area contributed by atoms with Crippen LogP contribution in [0.2, 0.25) is 0 Å². The Kier molecular flexibility index (Phi) is 4.48. The van der Waals surface area contributed by atoms with Crippen molar-refractivity contribution >= 4 is 17.2 Å². The summed E-state index contributed by atoms with van der Waals surface area (Å²) in [5.74, 6) is 0.570. The third kappa shape index (κ3) is 3.23. The maximum Gasteiger partial charge on any atom is 0.330 e. The van der Waals surface area contributed by atoms with Crippen LogP contribution in [0.4, 0.5) is 5.69 Å². The maximum atomic E-state index is 11.8. The van der Waals surface area contributed by atoms with Crippen molar-refractivity contribution in [2.75, 3.05) is 11.9 Å². The Hall–Kier alpha value is -3.01. The highest BCUT2D eigenvalue weighted by molar-refractivity contribution is 5.94. The molecule has 0 spiro atoms. The Morgan fingerprint density at radius 1 is 1.23 bits per heavy atom. The van der Waals surface area contributed by atoms with Crippen molar-refractivity contribution < 1.29 is 14.3 Å². The van der Waals surface area contributed by atoms with Crippen molar-refractivity contribution in [2.24, 2.45) is 0 Å². The maximum absolute atomic E-state index is 11.8. The third-order valence-electron chi connectivity index (χ3n) is 4.68. The van der Waals surface area contributed by atoms with Gasteiger partial charge < -0.3 is 14.8 Å². The van der Waals surface area contributed by atoms with Gasteiger partial charge in [0.05, 0.1) is 12.6 Å². The van der Waals surface area contributed by atoms with Crippen LogP contribution < -0.4 is 10.1 Å². The summed E-state index contributed by atoms with van der Waals surface area (Å²) in [5, 5.41) is 3.50. The van der Waals surface area contributed by atoms with Gasteiger partial charge >= 0.3 is 5.97 Å². The van der Waals surface area contributed by atoms with Crippen molar-refractivity contribution in [3.05, 3.63) is 77.4 Å². The molecule has 1 aliphatic heterocycles. The molecule has 2 aliphatic rings. The number of esters is 1. The van der Waals surface area contributed by atoms with E-state index in [9.17, 15) is 4.79 Å². The molecule has 2 aromatic rings. The second-order valence-electron chi connectivity index (χ2n) is 6.39. The molecule has 0 fully saturated rings. The molecule has 1 heterocycles. The lowest BCUT2D eigenvalue weighted by molar-refractivity contribution is -0.137. The Balaban J connectivity index is 1.49. The van der Waals surface area contributed by atoms with E-state index in [1.807, 2.05) is 37.3 Å². The average molecular weight is 347 g/mol. The number of carbonyl (C=O) groups excluding carboxylic acids is 1. The summed E-state index contributed by atoms with van der Waals surface area (Å²) in [6.45, 7) is 2.75. The normalized spacial score (nSPS) is 18.7. The smallest absolute Gasteiger partial charge is 0.330 e. The second-order valence-corrected chi connectivity index (χ2v) is 6.39. The van der Waals surface area contributed by atoms with E-state index >= 15 is 0 Å². The van der Waals surface area contributed by atoms with E-state index in [1.165, 1.54) is 5.57 Å². The summed E-state index contributed by atoms with van der Waals surface area (Å²) in [5.41, 5.74) is 5.61. The molecule has 132 valence electrons. The van der Waals surface area contributed by atoms with E-state index < -0.39 is 0 Å². The highest BCUT2D eigenvalue weighted by atomic mass is 16.5. The Bertz CT molecular complexity index is 884. The molecule has 4 heteroatoms. The summed E-state index contributed by atoms with van der Waals surface area (Å²) in [4.78, 5) is 11.8. The predicted molar refractivity (Wildman–Crippen MR) is 102 cm³/mol. The van der Waals surface area contributed by atoms with E-state index in [0.29, 0.717) is 13.2 Å². The Labute approximate surface area is 153 Å². The average Bonchev–Trinajstić information content (AvgIpc) is 3.21. The van der Waals surface area contributed by atoms with Gasteiger partial charge in [-0.15, -0.1) is 0 Å². The van der Waals surface area contributed by atoms with Crippen molar-refractivity contribution in [3.8, 4) is 5.75 Å². The number of allylic oxidation sites excluding steroid dienone is 1. The van der Waals surface area contributed by atoms with Gasteiger partial charge in [0, 0.05) is 17.3 Å². The minimum absolute atomic E-state index is 0.0544. The number of ether oxygens (including phenoxy) is 2. The van der Waals surface area contributed by atoms with Gasteiger partial charge in [-0.25, -0.2) is 4.79 Å². The zero-order chi connectivity index (χ0) is 17.9. The van der Waals surface area contributed by atoms with Crippen molar-refractivity contribution in [2.45, 2.75) is 26.0 Å². The summed E-state index contributed by atoms with van der Waals surface area (Å²) < 4.78 is 11.0. The van der Waals surface area contributed by atoms with Crippen LogP contribution >= 0.6 is 0 Å². The Morgan fingerprint density at radius 3 is 2.88 bits per heavy atom. The quantitative estimate of drug-likeness (QED) is 0.646. The molecule has 0 amide bonds. The number of hydrogen-bond donors (Lipinski definition) is 1. The van der Waals surface area contributed by atoms with E-state index in [4.69, 9.17) is 9.47 Å². The van der Waals surface area contributed by atoms with Crippen LogP contribution in [0, 0.1) is 0 Å². The lowest BCUT2D eigenvalue weighted by Gasteiger charge is -2.10. The minimum atomic E-state index is -0.276. The monoisotopic (exact) mass is 347 g/mol. The number of rotatable bonds is 5. The van der Waals surface area contributed by atoms with E-state index in [1.54, 1.807) is 6.08 Å². The Morgan fingerprint density at radius 2 is 2.08 bits per heavy atom. The molecule has 0 aromatic heterocycles. The molecule has 4 nitrogen and oxygen atoms in total. The van der Waals surface area contributed by atoms with Gasteiger partial charge in [-0.2, -0.15) is 0 Å². The van der Waals surface area contributed by atoms with Crippen molar-refractivity contribution in [3.63, 3.8) is 0 Å². The standard InChI is InChI=1S/C22H21NO3/c1-2-25-21(24)12-16-8-10-18-19-13-17(9-11-20(19)23-22(16)18)26-14-15-6-4-3-5-7-15/h3-7,9-13,22-23H,2,8,14H2,1H3. The van der Waals surface area contributed by atoms with Crippen molar-refractivity contribution in [1.82, 2.24) is 0 Å². The SMILES string of the molecule is CCOC(=O)C=C1CC=C2c3cc(OCc4ccccc4)ccc3NC12. The van der Waals surface area contributed by atoms with Gasteiger partial charge in [0.15, 0.2) is 0 Å². The molecular formula is C22H21NO3. The lowest BCUT2D eigenvalue weighted by atomic mass is 10.0. The number of hydrogen-bond acceptors (Lipinski definition) is 4. The number of fused-ring (bicyclic) bond motifs is 3. The fourth-order valence-electron chi connectivity index (χ4n) is 3.45. The van der Waals surface area contributed by atoms with Gasteiger partial charge in [-0.1, -0.05) is 36.4 Å². The molecule has 26 heavy (non-hydrogen) atoms. The van der Waals surface area contributed by atoms with Crippen LogP contribution in [0.3, 0.4) is 0 Å². The zero-order valence-corrected chi connectivity index (χ0v) is 14.7.